The molecule has 0 aromatic heterocycles. The first-order valence-corrected chi connectivity index (χ1v) is 4.43. The minimum atomic E-state index is -3.22. The van der Waals surface area contributed by atoms with Crippen LogP contribution >= 0.6 is 0 Å². The number of nitrogens with one attached hydrogen (secondary N) is 2. The molecule has 10 heavy (non-hydrogen) atoms. The second-order valence-corrected chi connectivity index (χ2v) is 3.42. The molecule has 0 aliphatic rings. The van der Waals surface area contributed by atoms with E-state index < -0.39 is 10.0 Å². The van der Waals surface area contributed by atoms with Gasteiger partial charge < -0.3 is 5.32 Å². The highest BCUT2D eigenvalue weighted by Crippen LogP contribution is 1.80. The van der Waals surface area contributed by atoms with Crippen molar-refractivity contribution in [3.8, 4) is 0 Å². The fourth-order valence-electron chi connectivity index (χ4n) is 0.377. The molecule has 0 bridgehead atoms. The van der Waals surface area contributed by atoms with Crippen LogP contribution in [0, 0.1) is 0 Å². The van der Waals surface area contributed by atoms with Gasteiger partial charge in [0.25, 0.3) is 0 Å². The highest BCUT2D eigenvalue weighted by atomic mass is 32.2. The first-order chi connectivity index (χ1) is 4.62. The molecule has 0 rings (SSSR count). The van der Waals surface area contributed by atoms with Crippen LogP contribution in [0.3, 0.4) is 0 Å². The molecular formula is C5H12N2O2S. The van der Waals surface area contributed by atoms with Gasteiger partial charge in [0.2, 0.25) is 10.0 Å². The Morgan fingerprint density at radius 2 is 2.10 bits per heavy atom. The van der Waals surface area contributed by atoms with Crippen LogP contribution in [0.4, 0.5) is 0 Å². The Morgan fingerprint density at radius 1 is 1.50 bits per heavy atom. The van der Waals surface area contributed by atoms with Gasteiger partial charge in [0.05, 0.1) is 0 Å². The summed E-state index contributed by atoms with van der Waals surface area (Å²) < 4.78 is 23.5. The molecule has 0 radical (unpaired) electrons. The zero-order valence-electron chi connectivity index (χ0n) is 5.92. The van der Waals surface area contributed by atoms with Gasteiger partial charge in [-0.2, -0.15) is 0 Å². The molecule has 2 N–H and O–H groups in total. The second-order valence-electron chi connectivity index (χ2n) is 1.71. The van der Waals surface area contributed by atoms with Crippen LogP contribution in [0.25, 0.3) is 0 Å². The Kier molecular flexibility index (Phi) is 4.26. The third-order valence-corrected chi connectivity index (χ3v) is 1.94. The van der Waals surface area contributed by atoms with Crippen molar-refractivity contribution in [2.75, 3.05) is 20.1 Å². The molecule has 0 heterocycles. The van der Waals surface area contributed by atoms with Crippen molar-refractivity contribution in [1.29, 1.82) is 0 Å². The van der Waals surface area contributed by atoms with E-state index in [0.29, 0.717) is 13.1 Å². The lowest BCUT2D eigenvalue weighted by atomic mass is 10.7. The predicted molar refractivity (Wildman–Crippen MR) is 41.0 cm³/mol. The molecule has 0 atom stereocenters. The van der Waals surface area contributed by atoms with Crippen LogP contribution in [0.1, 0.15) is 0 Å². The van der Waals surface area contributed by atoms with Crippen LogP contribution in [0.2, 0.25) is 0 Å². The number of sulfonamides is 1. The fraction of sp³-hybridized carbons (Fsp3) is 0.600. The van der Waals surface area contributed by atoms with E-state index >= 15 is 0 Å². The number of hydrogen-bond donors (Lipinski definition) is 2. The molecule has 0 saturated carbocycles. The minimum absolute atomic E-state index is 0.394. The maximum absolute atomic E-state index is 10.6. The molecule has 0 unspecified atom stereocenters. The zero-order chi connectivity index (χ0) is 8.04. The van der Waals surface area contributed by atoms with E-state index in [1.54, 1.807) is 7.05 Å². The van der Waals surface area contributed by atoms with Gasteiger partial charge in [-0.05, 0) is 7.05 Å². The molecule has 0 aliphatic heterocycles. The summed E-state index contributed by atoms with van der Waals surface area (Å²) in [7, 11) is -1.47. The zero-order valence-corrected chi connectivity index (χ0v) is 6.74. The molecule has 0 saturated heterocycles. The van der Waals surface area contributed by atoms with Crippen LogP contribution in [-0.4, -0.2) is 28.6 Å². The van der Waals surface area contributed by atoms with Crippen LogP contribution < -0.4 is 10.0 Å². The van der Waals surface area contributed by atoms with E-state index in [2.05, 4.69) is 16.6 Å². The monoisotopic (exact) mass is 164 g/mol. The Hall–Kier alpha value is -0.390. The molecule has 0 aliphatic carbocycles. The smallest absolute Gasteiger partial charge is 0.233 e. The van der Waals surface area contributed by atoms with Crippen molar-refractivity contribution in [1.82, 2.24) is 10.0 Å². The SMILES string of the molecule is C=CS(=O)(=O)NCCNC. The summed E-state index contributed by atoms with van der Waals surface area (Å²) >= 11 is 0. The van der Waals surface area contributed by atoms with Gasteiger partial charge in [-0.15, -0.1) is 0 Å². The van der Waals surface area contributed by atoms with Gasteiger partial charge in [-0.25, -0.2) is 13.1 Å². The maximum Gasteiger partial charge on any atom is 0.233 e. The van der Waals surface area contributed by atoms with Crippen molar-refractivity contribution >= 4 is 10.0 Å². The van der Waals surface area contributed by atoms with Gasteiger partial charge >= 0.3 is 0 Å². The molecule has 0 aromatic rings. The Balaban J connectivity index is 3.59. The van der Waals surface area contributed by atoms with Crippen LogP contribution in [0.15, 0.2) is 12.0 Å². The second kappa shape index (κ2) is 4.43. The number of hydrogen-bond acceptors (Lipinski definition) is 3. The van der Waals surface area contributed by atoms with Crippen molar-refractivity contribution < 1.29 is 8.42 Å². The molecule has 0 aromatic carbocycles. The van der Waals surface area contributed by atoms with Gasteiger partial charge in [0.1, 0.15) is 0 Å². The summed E-state index contributed by atoms with van der Waals surface area (Å²) in [5, 5.41) is 3.69. The van der Waals surface area contributed by atoms with Crippen molar-refractivity contribution in [3.63, 3.8) is 0 Å². The highest BCUT2D eigenvalue weighted by molar-refractivity contribution is 7.92. The normalized spacial score (nSPS) is 11.3. The fourth-order valence-corrected chi connectivity index (χ4v) is 0.882. The van der Waals surface area contributed by atoms with Crippen molar-refractivity contribution in [2.24, 2.45) is 0 Å². The van der Waals surface area contributed by atoms with Gasteiger partial charge in [-0.1, -0.05) is 6.58 Å². The molecular weight excluding hydrogens is 152 g/mol. The average molecular weight is 164 g/mol. The lowest BCUT2D eigenvalue weighted by molar-refractivity contribution is 0.589. The quantitative estimate of drug-likeness (QED) is 0.527. The summed E-state index contributed by atoms with van der Waals surface area (Å²) in [6, 6.07) is 0. The summed E-state index contributed by atoms with van der Waals surface area (Å²) in [6.45, 7) is 4.15. The van der Waals surface area contributed by atoms with E-state index in [-0.39, 0.29) is 0 Å². The predicted octanol–water partition coefficient (Wildman–Crippen LogP) is -0.731. The lowest BCUT2D eigenvalue weighted by Crippen LogP contribution is -2.28. The Bertz CT molecular complexity index is 186. The van der Waals surface area contributed by atoms with Crippen LogP contribution in [0.5, 0.6) is 0 Å². The largest absolute Gasteiger partial charge is 0.318 e. The van der Waals surface area contributed by atoms with E-state index in [1.807, 2.05) is 0 Å². The maximum atomic E-state index is 10.6. The highest BCUT2D eigenvalue weighted by Gasteiger charge is 1.99. The third-order valence-electron chi connectivity index (χ3n) is 0.898. The minimum Gasteiger partial charge on any atom is -0.318 e. The molecule has 60 valence electrons. The van der Waals surface area contributed by atoms with E-state index in [4.69, 9.17) is 0 Å². The van der Waals surface area contributed by atoms with Gasteiger partial charge in [-0.3, -0.25) is 0 Å². The average Bonchev–Trinajstić information content (AvgIpc) is 1.89. The molecule has 0 fully saturated rings. The van der Waals surface area contributed by atoms with Crippen molar-refractivity contribution in [3.05, 3.63) is 12.0 Å². The number of rotatable bonds is 5. The van der Waals surface area contributed by atoms with Crippen LogP contribution in [-0.2, 0) is 10.0 Å². The standard InChI is InChI=1S/C5H12N2O2S/c1-3-10(8,9)7-5-4-6-2/h3,6-7H,1,4-5H2,2H3. The Morgan fingerprint density at radius 3 is 2.50 bits per heavy atom. The van der Waals surface area contributed by atoms with E-state index in [1.165, 1.54) is 0 Å². The summed E-state index contributed by atoms with van der Waals surface area (Å²) in [6.07, 6.45) is 0. The van der Waals surface area contributed by atoms with E-state index in [0.717, 1.165) is 5.41 Å². The first kappa shape index (κ1) is 9.61. The molecule has 4 nitrogen and oxygen atoms in total. The topological polar surface area (TPSA) is 58.2 Å². The molecule has 0 spiro atoms. The van der Waals surface area contributed by atoms with E-state index in [9.17, 15) is 8.42 Å². The van der Waals surface area contributed by atoms with Crippen molar-refractivity contribution in [2.45, 2.75) is 0 Å². The molecule has 0 amide bonds. The summed E-state index contributed by atoms with van der Waals surface area (Å²) in [5.41, 5.74) is 0. The van der Waals surface area contributed by atoms with Gasteiger partial charge in [0, 0.05) is 18.5 Å². The number of likely N-dealkylation sites (N-methyl/N-ethyl adjacent to an activating group) is 1. The Labute approximate surface area is 61.4 Å². The first-order valence-electron chi connectivity index (χ1n) is 2.89. The summed E-state index contributed by atoms with van der Waals surface area (Å²) in [4.78, 5) is 0. The lowest BCUT2D eigenvalue weighted by Gasteiger charge is -1.99. The van der Waals surface area contributed by atoms with Gasteiger partial charge in [0.15, 0.2) is 0 Å². The summed E-state index contributed by atoms with van der Waals surface area (Å²) in [5.74, 6) is 0. The third kappa shape index (κ3) is 4.49. The molecule has 5 heteroatoms.